The van der Waals surface area contributed by atoms with Crippen molar-refractivity contribution in [2.24, 2.45) is 17.6 Å². The molecule has 4 nitrogen and oxygen atoms in total. The minimum atomic E-state index is -0.320. The number of hydrogen-bond acceptors (Lipinski definition) is 3. The van der Waals surface area contributed by atoms with Gasteiger partial charge in [0.2, 0.25) is 5.91 Å². The van der Waals surface area contributed by atoms with Crippen LogP contribution in [-0.2, 0) is 11.3 Å². The maximum Gasteiger partial charge on any atom is 0.225 e. The van der Waals surface area contributed by atoms with Gasteiger partial charge in [0, 0.05) is 18.2 Å². The van der Waals surface area contributed by atoms with Crippen LogP contribution in [0.25, 0.3) is 0 Å². The Morgan fingerprint density at radius 3 is 2.59 bits per heavy atom. The highest BCUT2D eigenvalue weighted by molar-refractivity contribution is 5.85. The van der Waals surface area contributed by atoms with Crippen LogP contribution in [0.4, 0.5) is 0 Å². The number of hydrogen-bond donors (Lipinski definition) is 2. The summed E-state index contributed by atoms with van der Waals surface area (Å²) in [5, 5.41) is 3.01. The van der Waals surface area contributed by atoms with Gasteiger partial charge in [0.25, 0.3) is 0 Å². The van der Waals surface area contributed by atoms with Crippen LogP contribution in [0.5, 0.6) is 5.75 Å². The fourth-order valence-electron chi connectivity index (χ4n) is 2.90. The molecule has 2 atom stereocenters. The highest BCUT2D eigenvalue weighted by Gasteiger charge is 2.23. The van der Waals surface area contributed by atoms with Crippen molar-refractivity contribution in [3.63, 3.8) is 0 Å². The number of carbonyl (C=O) groups excluding carboxylic acids is 1. The molecule has 2 aromatic carbocycles. The van der Waals surface area contributed by atoms with E-state index >= 15 is 0 Å². The Balaban J connectivity index is 0.00000261. The van der Waals surface area contributed by atoms with E-state index in [1.165, 1.54) is 12.8 Å². The first kappa shape index (κ1) is 21.3. The first-order chi connectivity index (χ1) is 12.5. The lowest BCUT2D eigenvalue weighted by atomic mass is 9.94. The molecule has 1 aliphatic rings. The highest BCUT2D eigenvalue weighted by atomic mass is 35.5. The van der Waals surface area contributed by atoms with Crippen molar-refractivity contribution in [3.05, 3.63) is 65.2 Å². The second-order valence-corrected chi connectivity index (χ2v) is 7.31. The molecule has 1 aliphatic carbocycles. The van der Waals surface area contributed by atoms with Crippen molar-refractivity contribution < 1.29 is 9.53 Å². The zero-order chi connectivity index (χ0) is 18.5. The predicted molar refractivity (Wildman–Crippen MR) is 111 cm³/mol. The summed E-state index contributed by atoms with van der Waals surface area (Å²) in [5.74, 6) is 1.22. The summed E-state index contributed by atoms with van der Waals surface area (Å²) in [7, 11) is 0. The van der Waals surface area contributed by atoms with Gasteiger partial charge in [0.15, 0.2) is 0 Å². The molecule has 2 unspecified atom stereocenters. The topological polar surface area (TPSA) is 64.4 Å². The van der Waals surface area contributed by atoms with Crippen molar-refractivity contribution in [3.8, 4) is 5.75 Å². The minimum Gasteiger partial charge on any atom is -0.493 e. The molecule has 3 rings (SSSR count). The molecule has 27 heavy (non-hydrogen) atoms. The Bertz CT molecular complexity index is 747. The second kappa shape index (κ2) is 9.77. The van der Waals surface area contributed by atoms with E-state index < -0.39 is 0 Å². The summed E-state index contributed by atoms with van der Waals surface area (Å²) in [5.41, 5.74) is 9.39. The van der Waals surface area contributed by atoms with Crippen molar-refractivity contribution >= 4 is 18.3 Å². The van der Waals surface area contributed by atoms with Gasteiger partial charge >= 0.3 is 0 Å². The quantitative estimate of drug-likeness (QED) is 0.713. The third-order valence-electron chi connectivity index (χ3n) is 4.98. The molecule has 0 aliphatic heterocycles. The zero-order valence-electron chi connectivity index (χ0n) is 16.0. The number of ether oxygens (including phenoxy) is 1. The number of rotatable bonds is 8. The normalized spacial score (nSPS) is 15.4. The fraction of sp³-hybridized carbons (Fsp3) is 0.409. The third-order valence-corrected chi connectivity index (χ3v) is 4.98. The van der Waals surface area contributed by atoms with Crippen LogP contribution in [0.1, 0.15) is 42.5 Å². The smallest absolute Gasteiger partial charge is 0.225 e. The van der Waals surface area contributed by atoms with E-state index in [-0.39, 0.29) is 30.3 Å². The molecule has 0 heterocycles. The SMILES string of the molecule is Cc1ccc(CNC(=O)C(C)C(N)c2ccccc2)c(OCC2CC2)c1.Cl. The van der Waals surface area contributed by atoms with Crippen LogP contribution >= 0.6 is 12.4 Å². The lowest BCUT2D eigenvalue weighted by Crippen LogP contribution is -2.35. The van der Waals surface area contributed by atoms with E-state index in [0.29, 0.717) is 12.5 Å². The lowest BCUT2D eigenvalue weighted by Gasteiger charge is -2.20. The Morgan fingerprint density at radius 2 is 1.93 bits per heavy atom. The maximum atomic E-state index is 12.6. The molecule has 1 amide bonds. The maximum absolute atomic E-state index is 12.6. The lowest BCUT2D eigenvalue weighted by molar-refractivity contribution is -0.125. The molecule has 146 valence electrons. The van der Waals surface area contributed by atoms with Crippen molar-refractivity contribution in [1.82, 2.24) is 5.32 Å². The van der Waals surface area contributed by atoms with Gasteiger partial charge in [-0.25, -0.2) is 0 Å². The average Bonchev–Trinajstić information content (AvgIpc) is 3.49. The van der Waals surface area contributed by atoms with E-state index in [0.717, 1.165) is 29.0 Å². The van der Waals surface area contributed by atoms with Crippen LogP contribution in [-0.4, -0.2) is 12.5 Å². The molecule has 0 spiro atoms. The number of amides is 1. The van der Waals surface area contributed by atoms with Gasteiger partial charge in [-0.1, -0.05) is 49.4 Å². The van der Waals surface area contributed by atoms with Gasteiger partial charge in [-0.2, -0.15) is 0 Å². The highest BCUT2D eigenvalue weighted by Crippen LogP contribution is 2.30. The molecule has 0 radical (unpaired) electrons. The van der Waals surface area contributed by atoms with E-state index in [1.807, 2.05) is 62.4 Å². The predicted octanol–water partition coefficient (Wildman–Crippen LogP) is 4.16. The summed E-state index contributed by atoms with van der Waals surface area (Å²) >= 11 is 0. The Kier molecular flexibility index (Phi) is 7.69. The summed E-state index contributed by atoms with van der Waals surface area (Å²) < 4.78 is 5.98. The van der Waals surface area contributed by atoms with Gasteiger partial charge in [-0.3, -0.25) is 4.79 Å². The van der Waals surface area contributed by atoms with Crippen molar-refractivity contribution in [1.29, 1.82) is 0 Å². The third kappa shape index (κ3) is 5.98. The number of benzene rings is 2. The van der Waals surface area contributed by atoms with Gasteiger partial charge in [-0.15, -0.1) is 12.4 Å². The zero-order valence-corrected chi connectivity index (χ0v) is 16.8. The van der Waals surface area contributed by atoms with Gasteiger partial charge < -0.3 is 15.8 Å². The van der Waals surface area contributed by atoms with Crippen LogP contribution in [0.3, 0.4) is 0 Å². The second-order valence-electron chi connectivity index (χ2n) is 7.31. The molecule has 1 fully saturated rings. The molecule has 2 aromatic rings. The first-order valence-electron chi connectivity index (χ1n) is 9.35. The summed E-state index contributed by atoms with van der Waals surface area (Å²) in [6.45, 7) is 5.13. The average molecular weight is 389 g/mol. The molecule has 0 aromatic heterocycles. The van der Waals surface area contributed by atoms with Crippen molar-refractivity contribution in [2.75, 3.05) is 6.61 Å². The van der Waals surface area contributed by atoms with Gasteiger partial charge in [0.05, 0.1) is 12.5 Å². The van der Waals surface area contributed by atoms with Crippen LogP contribution in [0.2, 0.25) is 0 Å². The number of aryl methyl sites for hydroxylation is 1. The van der Waals surface area contributed by atoms with Crippen LogP contribution < -0.4 is 15.8 Å². The summed E-state index contributed by atoms with van der Waals surface area (Å²) in [6.07, 6.45) is 2.51. The number of nitrogens with two attached hydrogens (primary N) is 1. The Hall–Kier alpha value is -2.04. The monoisotopic (exact) mass is 388 g/mol. The van der Waals surface area contributed by atoms with Gasteiger partial charge in [0.1, 0.15) is 5.75 Å². The standard InChI is InChI=1S/C22H28N2O2.ClH/c1-15-8-11-19(20(12-15)26-14-17-9-10-17)13-24-22(25)16(2)21(23)18-6-4-3-5-7-18;/h3-8,11-12,16-17,21H,9-10,13-14,23H2,1-2H3,(H,24,25);1H. The van der Waals surface area contributed by atoms with Gasteiger partial charge in [-0.05, 0) is 42.9 Å². The molecule has 5 heteroatoms. The summed E-state index contributed by atoms with van der Waals surface area (Å²) in [4.78, 5) is 12.6. The minimum absolute atomic E-state index is 0. The number of halogens is 1. The molecule has 1 saturated carbocycles. The fourth-order valence-corrected chi connectivity index (χ4v) is 2.90. The molecular weight excluding hydrogens is 360 g/mol. The number of carbonyl (C=O) groups is 1. The molecule has 0 saturated heterocycles. The molecule has 3 N–H and O–H groups in total. The largest absolute Gasteiger partial charge is 0.493 e. The first-order valence-corrected chi connectivity index (χ1v) is 9.35. The summed E-state index contributed by atoms with van der Waals surface area (Å²) in [6, 6.07) is 15.5. The molecule has 0 bridgehead atoms. The van der Waals surface area contributed by atoms with Crippen LogP contribution in [0.15, 0.2) is 48.5 Å². The Labute approximate surface area is 167 Å². The van der Waals surface area contributed by atoms with E-state index in [4.69, 9.17) is 10.5 Å². The Morgan fingerprint density at radius 1 is 1.22 bits per heavy atom. The number of nitrogens with one attached hydrogen (secondary N) is 1. The van der Waals surface area contributed by atoms with E-state index in [9.17, 15) is 4.79 Å². The van der Waals surface area contributed by atoms with E-state index in [1.54, 1.807) is 0 Å². The van der Waals surface area contributed by atoms with Crippen LogP contribution in [0, 0.1) is 18.8 Å². The van der Waals surface area contributed by atoms with Crippen molar-refractivity contribution in [2.45, 2.75) is 39.3 Å². The molecular formula is C22H29ClN2O2. The van der Waals surface area contributed by atoms with E-state index in [2.05, 4.69) is 5.32 Å².